The molecule has 0 heterocycles. The van der Waals surface area contributed by atoms with Crippen LogP contribution in [0.5, 0.6) is 0 Å². The second-order valence-electron chi connectivity index (χ2n) is 3.79. The number of esters is 2. The Kier molecular flexibility index (Phi) is 6.38. The van der Waals surface area contributed by atoms with Gasteiger partial charge in [0.15, 0.2) is 0 Å². The lowest BCUT2D eigenvalue weighted by Gasteiger charge is -2.19. The molecule has 0 spiro atoms. The Hall–Kier alpha value is -1.53. The molecule has 2 N–H and O–H groups in total. The zero-order valence-electron chi connectivity index (χ0n) is 10.9. The van der Waals surface area contributed by atoms with E-state index in [-0.39, 0.29) is 0 Å². The highest BCUT2D eigenvalue weighted by molar-refractivity contribution is 7.99. The average molecular weight is 283 g/mol. The smallest absolute Gasteiger partial charge is 0.324 e. The highest BCUT2D eigenvalue weighted by atomic mass is 32.2. The fourth-order valence-corrected chi connectivity index (χ4v) is 2.57. The van der Waals surface area contributed by atoms with E-state index < -0.39 is 23.2 Å². The minimum atomic E-state index is -1.04. The van der Waals surface area contributed by atoms with E-state index in [2.05, 4.69) is 9.47 Å². The molecule has 0 aliphatic carbocycles. The van der Waals surface area contributed by atoms with Crippen molar-refractivity contribution in [2.45, 2.75) is 17.0 Å². The van der Waals surface area contributed by atoms with E-state index >= 15 is 0 Å². The lowest BCUT2D eigenvalue weighted by Crippen LogP contribution is -2.45. The first-order valence-electron chi connectivity index (χ1n) is 5.67. The summed E-state index contributed by atoms with van der Waals surface area (Å²) < 4.78 is 9.22. The molecule has 0 bridgehead atoms. The third kappa shape index (κ3) is 4.57. The van der Waals surface area contributed by atoms with Crippen molar-refractivity contribution >= 4 is 23.7 Å². The van der Waals surface area contributed by atoms with E-state index in [0.717, 1.165) is 5.56 Å². The molecule has 1 rings (SSSR count). The SMILES string of the molecule is COC(=O)[C@H](N)[C@@H](SCc1ccccc1)C(=O)OC. The topological polar surface area (TPSA) is 78.6 Å². The highest BCUT2D eigenvalue weighted by Crippen LogP contribution is 2.21. The minimum absolute atomic E-state index is 0.529. The number of methoxy groups -OCH3 is 2. The van der Waals surface area contributed by atoms with Crippen LogP contribution in [-0.2, 0) is 24.8 Å². The fraction of sp³-hybridized carbons (Fsp3) is 0.385. The number of carbonyl (C=O) groups excluding carboxylic acids is 2. The number of thioether (sulfide) groups is 1. The molecule has 0 saturated carbocycles. The van der Waals surface area contributed by atoms with Crippen molar-refractivity contribution in [2.75, 3.05) is 14.2 Å². The van der Waals surface area contributed by atoms with Crippen molar-refractivity contribution in [3.8, 4) is 0 Å². The van der Waals surface area contributed by atoms with Gasteiger partial charge in [-0.2, -0.15) is 0 Å². The van der Waals surface area contributed by atoms with Crippen molar-refractivity contribution < 1.29 is 19.1 Å². The molecule has 19 heavy (non-hydrogen) atoms. The maximum Gasteiger partial charge on any atom is 0.324 e. The van der Waals surface area contributed by atoms with Gasteiger partial charge < -0.3 is 15.2 Å². The summed E-state index contributed by atoms with van der Waals surface area (Å²) >= 11 is 1.26. The molecule has 6 heteroatoms. The molecule has 1 aromatic rings. The molecule has 104 valence electrons. The van der Waals surface area contributed by atoms with Gasteiger partial charge in [0, 0.05) is 5.75 Å². The second-order valence-corrected chi connectivity index (χ2v) is 4.92. The molecule has 0 saturated heterocycles. The fourth-order valence-electron chi connectivity index (χ4n) is 1.45. The Labute approximate surface area is 116 Å². The number of rotatable bonds is 6. The van der Waals surface area contributed by atoms with Crippen LogP contribution in [-0.4, -0.2) is 37.4 Å². The molecule has 5 nitrogen and oxygen atoms in total. The van der Waals surface area contributed by atoms with Gasteiger partial charge in [-0.25, -0.2) is 0 Å². The number of nitrogens with two attached hydrogens (primary N) is 1. The molecule has 0 unspecified atom stereocenters. The molecule has 0 fully saturated rings. The monoisotopic (exact) mass is 283 g/mol. The third-order valence-electron chi connectivity index (χ3n) is 2.51. The van der Waals surface area contributed by atoms with Crippen LogP contribution in [0, 0.1) is 0 Å². The standard InChI is InChI=1S/C13H17NO4S/c1-17-12(15)10(14)11(13(16)18-2)19-8-9-6-4-3-5-7-9/h3-7,10-11H,8,14H2,1-2H3/t10-,11-/m1/s1. The predicted octanol–water partition coefficient (Wildman–Crippen LogP) is 0.962. The van der Waals surface area contributed by atoms with Gasteiger partial charge in [-0.1, -0.05) is 30.3 Å². The highest BCUT2D eigenvalue weighted by Gasteiger charge is 2.32. The van der Waals surface area contributed by atoms with Crippen molar-refractivity contribution in [3.63, 3.8) is 0 Å². The van der Waals surface area contributed by atoms with Gasteiger partial charge in [-0.05, 0) is 5.56 Å². The third-order valence-corrected chi connectivity index (χ3v) is 3.85. The summed E-state index contributed by atoms with van der Waals surface area (Å²) in [6.07, 6.45) is 0. The second kappa shape index (κ2) is 7.81. The van der Waals surface area contributed by atoms with Crippen LogP contribution in [0.4, 0.5) is 0 Å². The minimum Gasteiger partial charge on any atom is -0.468 e. The molecular formula is C13H17NO4S. The first-order valence-corrected chi connectivity index (χ1v) is 6.71. The molecule has 0 radical (unpaired) electrons. The number of ether oxygens (including phenoxy) is 2. The van der Waals surface area contributed by atoms with Crippen LogP contribution < -0.4 is 5.73 Å². The quantitative estimate of drug-likeness (QED) is 0.784. The van der Waals surface area contributed by atoms with Crippen LogP contribution in [0.2, 0.25) is 0 Å². The first-order chi connectivity index (χ1) is 9.10. The van der Waals surface area contributed by atoms with Crippen LogP contribution in [0.25, 0.3) is 0 Å². The van der Waals surface area contributed by atoms with E-state index in [0.29, 0.717) is 5.75 Å². The zero-order valence-corrected chi connectivity index (χ0v) is 11.7. The lowest BCUT2D eigenvalue weighted by atomic mass is 10.2. The van der Waals surface area contributed by atoms with Gasteiger partial charge in [0.2, 0.25) is 0 Å². The van der Waals surface area contributed by atoms with Crippen LogP contribution >= 0.6 is 11.8 Å². The number of hydrogen-bond donors (Lipinski definition) is 1. The van der Waals surface area contributed by atoms with E-state index in [1.54, 1.807) is 0 Å². The summed E-state index contributed by atoms with van der Waals surface area (Å²) in [6, 6.07) is 8.56. The number of hydrogen-bond acceptors (Lipinski definition) is 6. The summed E-state index contributed by atoms with van der Waals surface area (Å²) in [5.41, 5.74) is 6.76. The molecule has 1 aromatic carbocycles. The molecular weight excluding hydrogens is 266 g/mol. The van der Waals surface area contributed by atoms with Gasteiger partial charge in [-0.3, -0.25) is 9.59 Å². The Morgan fingerprint density at radius 3 is 2.26 bits per heavy atom. The lowest BCUT2D eigenvalue weighted by molar-refractivity contribution is -0.148. The van der Waals surface area contributed by atoms with E-state index in [1.165, 1.54) is 26.0 Å². The Morgan fingerprint density at radius 1 is 1.16 bits per heavy atom. The first kappa shape index (κ1) is 15.5. The molecule has 0 amide bonds. The molecule has 0 aliphatic rings. The average Bonchev–Trinajstić information content (AvgIpc) is 2.47. The Morgan fingerprint density at radius 2 is 1.74 bits per heavy atom. The summed E-state index contributed by atoms with van der Waals surface area (Å²) in [7, 11) is 2.50. The summed E-state index contributed by atoms with van der Waals surface area (Å²) in [5.74, 6) is -0.597. The normalized spacial score (nSPS) is 13.4. The van der Waals surface area contributed by atoms with Crippen LogP contribution in [0.1, 0.15) is 5.56 Å². The van der Waals surface area contributed by atoms with E-state index in [9.17, 15) is 9.59 Å². The molecule has 0 aliphatic heterocycles. The van der Waals surface area contributed by atoms with Crippen molar-refractivity contribution in [1.82, 2.24) is 0 Å². The summed E-state index contributed by atoms with van der Waals surface area (Å²) in [4.78, 5) is 23.1. The summed E-state index contributed by atoms with van der Waals surface area (Å²) in [6.45, 7) is 0. The van der Waals surface area contributed by atoms with Gasteiger partial charge >= 0.3 is 11.9 Å². The van der Waals surface area contributed by atoms with Gasteiger partial charge in [0.05, 0.1) is 14.2 Å². The van der Waals surface area contributed by atoms with Crippen LogP contribution in [0.3, 0.4) is 0 Å². The molecule has 2 atom stereocenters. The zero-order chi connectivity index (χ0) is 14.3. The van der Waals surface area contributed by atoms with Gasteiger partial charge in [0.1, 0.15) is 11.3 Å². The predicted molar refractivity (Wildman–Crippen MR) is 73.5 cm³/mol. The van der Waals surface area contributed by atoms with Gasteiger partial charge in [-0.15, -0.1) is 11.8 Å². The van der Waals surface area contributed by atoms with Crippen LogP contribution in [0.15, 0.2) is 30.3 Å². The van der Waals surface area contributed by atoms with Crippen molar-refractivity contribution in [3.05, 3.63) is 35.9 Å². The van der Waals surface area contributed by atoms with Crippen molar-refractivity contribution in [2.24, 2.45) is 5.73 Å². The Balaban J connectivity index is 2.70. The molecule has 0 aromatic heterocycles. The largest absolute Gasteiger partial charge is 0.468 e. The van der Waals surface area contributed by atoms with Gasteiger partial charge in [0.25, 0.3) is 0 Å². The van der Waals surface area contributed by atoms with Crippen molar-refractivity contribution in [1.29, 1.82) is 0 Å². The van der Waals surface area contributed by atoms with E-state index in [4.69, 9.17) is 5.73 Å². The number of benzene rings is 1. The number of carbonyl (C=O) groups is 2. The van der Waals surface area contributed by atoms with E-state index in [1.807, 2.05) is 30.3 Å². The summed E-state index contributed by atoms with van der Waals surface area (Å²) in [5, 5.41) is -0.780. The maximum atomic E-state index is 11.7. The Bertz CT molecular complexity index is 424. The maximum absolute atomic E-state index is 11.7.